The number of hydrogen-bond donors (Lipinski definition) is 1. The molecule has 0 unspecified atom stereocenters. The summed E-state index contributed by atoms with van der Waals surface area (Å²) in [5.74, 6) is -2.24. The van der Waals surface area contributed by atoms with E-state index in [1.807, 2.05) is 4.90 Å². The molecular formula is C15H20F2N2O2. The Labute approximate surface area is 123 Å². The van der Waals surface area contributed by atoms with Crippen LogP contribution in [0.15, 0.2) is 18.2 Å². The van der Waals surface area contributed by atoms with Crippen LogP contribution in [0.3, 0.4) is 0 Å². The van der Waals surface area contributed by atoms with Gasteiger partial charge in [0.2, 0.25) is 5.91 Å². The Bertz CT molecular complexity index is 522. The number of nitrogens with zero attached hydrogens (tertiary/aromatic N) is 2. The van der Waals surface area contributed by atoms with Gasteiger partial charge in [-0.15, -0.1) is 0 Å². The Morgan fingerprint density at radius 3 is 2.71 bits per heavy atom. The van der Waals surface area contributed by atoms with E-state index in [1.165, 1.54) is 17.0 Å². The lowest BCUT2D eigenvalue weighted by Crippen LogP contribution is -2.35. The van der Waals surface area contributed by atoms with Crippen LogP contribution >= 0.6 is 0 Å². The SMILES string of the molecule is CN(C)C(=O)[C@@H]1CN(Cc2cccc(F)c2F)C[C@H]1CO. The van der Waals surface area contributed by atoms with Crippen molar-refractivity contribution in [2.24, 2.45) is 11.8 Å². The average molecular weight is 298 g/mol. The predicted molar refractivity (Wildman–Crippen MR) is 74.4 cm³/mol. The molecule has 21 heavy (non-hydrogen) atoms. The fourth-order valence-electron chi connectivity index (χ4n) is 2.80. The average Bonchev–Trinajstić information content (AvgIpc) is 2.86. The highest BCUT2D eigenvalue weighted by atomic mass is 19.2. The number of halogens is 2. The van der Waals surface area contributed by atoms with Gasteiger partial charge in [-0.2, -0.15) is 0 Å². The number of amides is 1. The summed E-state index contributed by atoms with van der Waals surface area (Å²) in [7, 11) is 3.34. The smallest absolute Gasteiger partial charge is 0.226 e. The molecule has 0 saturated carbocycles. The lowest BCUT2D eigenvalue weighted by atomic mass is 9.96. The molecule has 1 aromatic carbocycles. The maximum absolute atomic E-state index is 13.7. The third-order valence-corrected chi connectivity index (χ3v) is 3.93. The van der Waals surface area contributed by atoms with Gasteiger partial charge in [0.25, 0.3) is 0 Å². The van der Waals surface area contributed by atoms with Gasteiger partial charge in [0.1, 0.15) is 0 Å². The largest absolute Gasteiger partial charge is 0.396 e. The van der Waals surface area contributed by atoms with E-state index < -0.39 is 11.6 Å². The highest BCUT2D eigenvalue weighted by Gasteiger charge is 2.38. The molecule has 1 N–H and O–H groups in total. The predicted octanol–water partition coefficient (Wildman–Crippen LogP) is 1.09. The first-order chi connectivity index (χ1) is 9.93. The maximum atomic E-state index is 13.7. The van der Waals surface area contributed by atoms with E-state index in [-0.39, 0.29) is 36.5 Å². The van der Waals surface area contributed by atoms with Crippen molar-refractivity contribution in [3.8, 4) is 0 Å². The van der Waals surface area contributed by atoms with Crippen LogP contribution in [0.25, 0.3) is 0 Å². The lowest BCUT2D eigenvalue weighted by Gasteiger charge is -2.20. The Kier molecular flexibility index (Phi) is 4.90. The molecule has 4 nitrogen and oxygen atoms in total. The molecule has 1 heterocycles. The van der Waals surface area contributed by atoms with Gasteiger partial charge in [0.15, 0.2) is 11.6 Å². The highest BCUT2D eigenvalue weighted by molar-refractivity contribution is 5.79. The summed E-state index contributed by atoms with van der Waals surface area (Å²) in [5.41, 5.74) is 0.268. The van der Waals surface area contributed by atoms with Crippen LogP contribution < -0.4 is 0 Å². The number of aliphatic hydroxyl groups is 1. The first kappa shape index (κ1) is 15.9. The van der Waals surface area contributed by atoms with Gasteiger partial charge < -0.3 is 10.0 Å². The number of rotatable bonds is 4. The second-order valence-corrected chi connectivity index (χ2v) is 5.69. The Morgan fingerprint density at radius 2 is 2.10 bits per heavy atom. The molecule has 1 saturated heterocycles. The van der Waals surface area contributed by atoms with Crippen LogP contribution in [0, 0.1) is 23.5 Å². The van der Waals surface area contributed by atoms with Gasteiger partial charge in [0.05, 0.1) is 5.92 Å². The number of benzene rings is 1. The number of likely N-dealkylation sites (tertiary alicyclic amines) is 1. The number of aliphatic hydroxyl groups excluding tert-OH is 1. The molecule has 1 fully saturated rings. The number of carbonyl (C=O) groups excluding carboxylic acids is 1. The van der Waals surface area contributed by atoms with Crippen molar-refractivity contribution >= 4 is 5.91 Å². The van der Waals surface area contributed by atoms with E-state index >= 15 is 0 Å². The second kappa shape index (κ2) is 6.49. The van der Waals surface area contributed by atoms with E-state index in [9.17, 15) is 18.7 Å². The van der Waals surface area contributed by atoms with Crippen molar-refractivity contribution in [1.29, 1.82) is 0 Å². The quantitative estimate of drug-likeness (QED) is 0.905. The maximum Gasteiger partial charge on any atom is 0.226 e. The van der Waals surface area contributed by atoms with Crippen molar-refractivity contribution in [2.45, 2.75) is 6.54 Å². The minimum absolute atomic E-state index is 0.0451. The molecule has 0 spiro atoms. The molecule has 6 heteroatoms. The number of carbonyl (C=O) groups is 1. The Balaban J connectivity index is 2.09. The fraction of sp³-hybridized carbons (Fsp3) is 0.533. The summed E-state index contributed by atoms with van der Waals surface area (Å²) in [5, 5.41) is 9.42. The first-order valence-electron chi connectivity index (χ1n) is 6.91. The van der Waals surface area contributed by atoms with Crippen LogP contribution in [-0.4, -0.2) is 54.6 Å². The van der Waals surface area contributed by atoms with Crippen LogP contribution in [0.5, 0.6) is 0 Å². The van der Waals surface area contributed by atoms with Crippen molar-refractivity contribution in [3.63, 3.8) is 0 Å². The molecular weight excluding hydrogens is 278 g/mol. The second-order valence-electron chi connectivity index (χ2n) is 5.69. The summed E-state index contributed by atoms with van der Waals surface area (Å²) in [6, 6.07) is 4.08. The van der Waals surface area contributed by atoms with Gasteiger partial charge in [0, 0.05) is 51.8 Å². The Hall–Kier alpha value is -1.53. The normalized spacial score (nSPS) is 22.5. The van der Waals surface area contributed by atoms with Gasteiger partial charge >= 0.3 is 0 Å². The summed E-state index contributed by atoms with van der Waals surface area (Å²) in [6.07, 6.45) is 0. The van der Waals surface area contributed by atoms with Crippen molar-refractivity contribution in [3.05, 3.63) is 35.4 Å². The first-order valence-corrected chi connectivity index (χ1v) is 6.91. The Morgan fingerprint density at radius 1 is 1.38 bits per heavy atom. The van der Waals surface area contributed by atoms with Crippen molar-refractivity contribution in [2.75, 3.05) is 33.8 Å². The van der Waals surface area contributed by atoms with Crippen LogP contribution in [-0.2, 0) is 11.3 Å². The highest BCUT2D eigenvalue weighted by Crippen LogP contribution is 2.26. The van der Waals surface area contributed by atoms with Crippen molar-refractivity contribution < 1.29 is 18.7 Å². The standard InChI is InChI=1S/C15H20F2N2O2/c1-18(2)15(21)12-8-19(7-11(12)9-20)6-10-4-3-5-13(16)14(10)17/h3-5,11-12,20H,6-9H2,1-2H3/t11-,12+/m0/s1. The molecule has 0 bridgehead atoms. The summed E-state index contributed by atoms with van der Waals surface area (Å²) < 4.78 is 26.9. The van der Waals surface area contributed by atoms with E-state index in [1.54, 1.807) is 14.1 Å². The fourth-order valence-corrected chi connectivity index (χ4v) is 2.80. The summed E-state index contributed by atoms with van der Waals surface area (Å²) >= 11 is 0. The monoisotopic (exact) mass is 298 g/mol. The molecule has 0 radical (unpaired) electrons. The zero-order chi connectivity index (χ0) is 15.6. The minimum Gasteiger partial charge on any atom is -0.396 e. The van der Waals surface area contributed by atoms with E-state index in [4.69, 9.17) is 0 Å². The number of hydrogen-bond acceptors (Lipinski definition) is 3. The van der Waals surface area contributed by atoms with E-state index in [2.05, 4.69) is 0 Å². The van der Waals surface area contributed by atoms with Gasteiger partial charge in [-0.3, -0.25) is 9.69 Å². The molecule has 1 aliphatic rings. The molecule has 1 amide bonds. The topological polar surface area (TPSA) is 43.8 Å². The zero-order valence-electron chi connectivity index (χ0n) is 12.2. The third-order valence-electron chi connectivity index (χ3n) is 3.93. The van der Waals surface area contributed by atoms with Crippen LogP contribution in [0.2, 0.25) is 0 Å². The van der Waals surface area contributed by atoms with E-state index in [0.29, 0.717) is 13.1 Å². The van der Waals surface area contributed by atoms with Crippen molar-refractivity contribution in [1.82, 2.24) is 9.80 Å². The molecule has 1 aromatic rings. The van der Waals surface area contributed by atoms with Crippen LogP contribution in [0.1, 0.15) is 5.56 Å². The zero-order valence-corrected chi connectivity index (χ0v) is 12.2. The van der Waals surface area contributed by atoms with Gasteiger partial charge in [-0.05, 0) is 6.07 Å². The van der Waals surface area contributed by atoms with Gasteiger partial charge in [-0.25, -0.2) is 8.78 Å². The van der Waals surface area contributed by atoms with Crippen LogP contribution in [0.4, 0.5) is 8.78 Å². The molecule has 0 aromatic heterocycles. The molecule has 1 aliphatic heterocycles. The molecule has 2 atom stereocenters. The molecule has 0 aliphatic carbocycles. The third kappa shape index (κ3) is 3.39. The molecule has 116 valence electrons. The minimum atomic E-state index is -0.869. The summed E-state index contributed by atoms with van der Waals surface area (Å²) in [6.45, 7) is 1.08. The lowest BCUT2D eigenvalue weighted by molar-refractivity contribution is -0.134. The molecule has 2 rings (SSSR count). The van der Waals surface area contributed by atoms with E-state index in [0.717, 1.165) is 6.07 Å². The van der Waals surface area contributed by atoms with Gasteiger partial charge in [-0.1, -0.05) is 12.1 Å². The summed E-state index contributed by atoms with van der Waals surface area (Å²) in [4.78, 5) is 15.5.